The van der Waals surface area contributed by atoms with Crippen LogP contribution < -0.4 is 5.32 Å². The number of piperidine rings is 1. The third-order valence-corrected chi connectivity index (χ3v) is 4.71. The summed E-state index contributed by atoms with van der Waals surface area (Å²) in [6.07, 6.45) is 4.72. The zero-order valence-electron chi connectivity index (χ0n) is 15.1. The Morgan fingerprint density at radius 2 is 1.96 bits per heavy atom. The van der Waals surface area contributed by atoms with Crippen molar-refractivity contribution in [3.63, 3.8) is 0 Å². The van der Waals surface area contributed by atoms with Crippen LogP contribution in [-0.2, 0) is 0 Å². The number of aromatic nitrogens is 3. The Labute approximate surface area is 161 Å². The first-order chi connectivity index (χ1) is 13.6. The van der Waals surface area contributed by atoms with E-state index < -0.39 is 0 Å². The molecule has 1 aliphatic rings. The second-order valence-corrected chi connectivity index (χ2v) is 6.68. The summed E-state index contributed by atoms with van der Waals surface area (Å²) in [7, 11) is 0. The first-order valence-corrected chi connectivity index (χ1v) is 9.10. The molecular weight excluding hydrogens is 356 g/mol. The van der Waals surface area contributed by atoms with Crippen LogP contribution in [0.15, 0.2) is 36.5 Å². The Hall–Kier alpha value is -3.73. The average Bonchev–Trinajstić information content (AvgIpc) is 3.15. The normalized spacial score (nSPS) is 13.9. The van der Waals surface area contributed by atoms with Gasteiger partial charge in [0.25, 0.3) is 11.8 Å². The van der Waals surface area contributed by atoms with Gasteiger partial charge >= 0.3 is 0 Å². The van der Waals surface area contributed by atoms with Crippen molar-refractivity contribution in [2.45, 2.75) is 19.3 Å². The first kappa shape index (κ1) is 17.7. The van der Waals surface area contributed by atoms with Crippen molar-refractivity contribution >= 4 is 28.9 Å². The molecule has 1 aliphatic heterocycles. The van der Waals surface area contributed by atoms with E-state index in [0.717, 1.165) is 32.4 Å². The minimum absolute atomic E-state index is 0.0393. The van der Waals surface area contributed by atoms with Crippen molar-refractivity contribution in [1.29, 1.82) is 5.26 Å². The molecule has 2 aromatic heterocycles. The van der Waals surface area contributed by atoms with Crippen LogP contribution in [0.1, 0.15) is 45.5 Å². The lowest BCUT2D eigenvalue weighted by Crippen LogP contribution is -2.35. The number of amides is 2. The number of aromatic amines is 1. The molecule has 8 nitrogen and oxygen atoms in total. The second kappa shape index (κ2) is 7.48. The van der Waals surface area contributed by atoms with E-state index >= 15 is 0 Å². The average molecular weight is 374 g/mol. The van der Waals surface area contributed by atoms with Gasteiger partial charge in [0.05, 0.1) is 22.7 Å². The van der Waals surface area contributed by atoms with Gasteiger partial charge in [-0.15, -0.1) is 0 Å². The van der Waals surface area contributed by atoms with Crippen LogP contribution in [-0.4, -0.2) is 44.8 Å². The Morgan fingerprint density at radius 3 is 2.75 bits per heavy atom. The second-order valence-electron chi connectivity index (χ2n) is 6.68. The van der Waals surface area contributed by atoms with Gasteiger partial charge in [-0.05, 0) is 43.5 Å². The molecule has 2 N–H and O–H groups in total. The summed E-state index contributed by atoms with van der Waals surface area (Å²) in [6, 6.07) is 10.1. The highest BCUT2D eigenvalue weighted by atomic mass is 16.2. The number of H-pyrrole nitrogens is 1. The molecule has 0 aliphatic carbocycles. The highest BCUT2D eigenvalue weighted by Gasteiger charge is 2.19. The van der Waals surface area contributed by atoms with Gasteiger partial charge in [-0.1, -0.05) is 6.07 Å². The summed E-state index contributed by atoms with van der Waals surface area (Å²) in [5, 5.41) is 11.6. The number of nitriles is 1. The number of carbonyl (C=O) groups is 2. The molecule has 1 aromatic carbocycles. The molecule has 0 bridgehead atoms. The number of fused-ring (bicyclic) bond motifs is 1. The van der Waals surface area contributed by atoms with Gasteiger partial charge in [-0.2, -0.15) is 10.2 Å². The lowest BCUT2D eigenvalue weighted by atomic mass is 10.1. The molecule has 2 amide bonds. The molecule has 3 heterocycles. The molecule has 1 saturated heterocycles. The number of likely N-dealkylation sites (tertiary alicyclic amines) is 1. The predicted octanol–water partition coefficient (Wildman–Crippen LogP) is 2.71. The third-order valence-electron chi connectivity index (χ3n) is 4.71. The number of imidazole rings is 1. The van der Waals surface area contributed by atoms with Crippen molar-refractivity contribution in [1.82, 2.24) is 19.9 Å². The Balaban J connectivity index is 1.53. The molecule has 8 heteroatoms. The van der Waals surface area contributed by atoms with Crippen LogP contribution in [0.4, 0.5) is 5.95 Å². The van der Waals surface area contributed by atoms with Crippen LogP contribution in [0.25, 0.3) is 11.2 Å². The molecule has 0 atom stereocenters. The predicted molar refractivity (Wildman–Crippen MR) is 103 cm³/mol. The van der Waals surface area contributed by atoms with Gasteiger partial charge in [0.2, 0.25) is 5.95 Å². The quantitative estimate of drug-likeness (QED) is 0.731. The summed E-state index contributed by atoms with van der Waals surface area (Å²) in [4.78, 5) is 38.3. The minimum atomic E-state index is -0.388. The smallest absolute Gasteiger partial charge is 0.258 e. The SMILES string of the molecule is N#Cc1cccc(C(=O)Nc2nc3ncc(C(=O)N4CCCCC4)cc3[nH]2)c1. The maximum atomic E-state index is 12.6. The van der Waals surface area contributed by atoms with Gasteiger partial charge < -0.3 is 9.88 Å². The van der Waals surface area contributed by atoms with Crippen LogP contribution in [0.5, 0.6) is 0 Å². The van der Waals surface area contributed by atoms with Gasteiger partial charge in [0.15, 0.2) is 5.65 Å². The largest absolute Gasteiger partial charge is 0.339 e. The lowest BCUT2D eigenvalue weighted by Gasteiger charge is -2.26. The zero-order chi connectivity index (χ0) is 19.5. The van der Waals surface area contributed by atoms with E-state index in [9.17, 15) is 9.59 Å². The van der Waals surface area contributed by atoms with E-state index in [1.807, 2.05) is 11.0 Å². The Morgan fingerprint density at radius 1 is 1.14 bits per heavy atom. The number of carbonyl (C=O) groups excluding carboxylic acids is 2. The van der Waals surface area contributed by atoms with Crippen LogP contribution in [0.3, 0.4) is 0 Å². The fraction of sp³-hybridized carbons (Fsp3) is 0.250. The molecular formula is C20H18N6O2. The number of nitrogens with one attached hydrogen (secondary N) is 2. The molecule has 0 unspecified atom stereocenters. The van der Waals surface area contributed by atoms with Gasteiger partial charge in [0, 0.05) is 24.8 Å². The maximum Gasteiger partial charge on any atom is 0.258 e. The van der Waals surface area contributed by atoms with Crippen LogP contribution >= 0.6 is 0 Å². The summed E-state index contributed by atoms with van der Waals surface area (Å²) in [6.45, 7) is 1.53. The molecule has 0 radical (unpaired) electrons. The first-order valence-electron chi connectivity index (χ1n) is 9.10. The molecule has 0 spiro atoms. The van der Waals surface area contributed by atoms with Gasteiger partial charge in [-0.25, -0.2) is 4.98 Å². The van der Waals surface area contributed by atoms with Crippen molar-refractivity contribution in [2.24, 2.45) is 0 Å². The topological polar surface area (TPSA) is 115 Å². The fourth-order valence-electron chi connectivity index (χ4n) is 3.27. The van der Waals surface area contributed by atoms with E-state index in [4.69, 9.17) is 5.26 Å². The Kier molecular flexibility index (Phi) is 4.72. The number of rotatable bonds is 3. The molecule has 28 heavy (non-hydrogen) atoms. The van der Waals surface area contributed by atoms with Crippen LogP contribution in [0, 0.1) is 11.3 Å². The van der Waals surface area contributed by atoms with Gasteiger partial charge in [-0.3, -0.25) is 14.9 Å². The van der Waals surface area contributed by atoms with E-state index in [2.05, 4.69) is 20.3 Å². The maximum absolute atomic E-state index is 12.6. The van der Waals surface area contributed by atoms with Crippen molar-refractivity contribution in [3.05, 3.63) is 53.2 Å². The molecule has 4 rings (SSSR count). The number of anilines is 1. The number of benzene rings is 1. The van der Waals surface area contributed by atoms with E-state index in [-0.39, 0.29) is 17.8 Å². The summed E-state index contributed by atoms with van der Waals surface area (Å²) in [5.41, 5.74) is 2.24. The monoisotopic (exact) mass is 374 g/mol. The number of nitrogens with zero attached hydrogens (tertiary/aromatic N) is 4. The van der Waals surface area contributed by atoms with Crippen molar-refractivity contribution in [3.8, 4) is 6.07 Å². The highest BCUT2D eigenvalue weighted by Crippen LogP contribution is 2.18. The van der Waals surface area contributed by atoms with E-state index in [1.54, 1.807) is 24.3 Å². The van der Waals surface area contributed by atoms with E-state index in [0.29, 0.717) is 27.9 Å². The summed E-state index contributed by atoms with van der Waals surface area (Å²) < 4.78 is 0. The molecule has 3 aromatic rings. The summed E-state index contributed by atoms with van der Waals surface area (Å²) in [5.74, 6) is -0.194. The van der Waals surface area contributed by atoms with Crippen LogP contribution in [0.2, 0.25) is 0 Å². The molecule has 140 valence electrons. The van der Waals surface area contributed by atoms with Crippen molar-refractivity contribution in [2.75, 3.05) is 18.4 Å². The van der Waals surface area contributed by atoms with E-state index in [1.165, 1.54) is 12.3 Å². The highest BCUT2D eigenvalue weighted by molar-refractivity contribution is 6.04. The number of hydrogen-bond acceptors (Lipinski definition) is 5. The van der Waals surface area contributed by atoms with Crippen molar-refractivity contribution < 1.29 is 9.59 Å². The molecule has 0 saturated carbocycles. The Bertz CT molecular complexity index is 1090. The molecule has 1 fully saturated rings. The lowest BCUT2D eigenvalue weighted by molar-refractivity contribution is 0.0724. The fourth-order valence-corrected chi connectivity index (χ4v) is 3.27. The van der Waals surface area contributed by atoms with Gasteiger partial charge in [0.1, 0.15) is 0 Å². The standard InChI is InChI=1S/C20H18N6O2/c21-11-13-5-4-6-14(9-13)18(27)25-20-23-16-10-15(12-22-17(16)24-20)19(28)26-7-2-1-3-8-26/h4-6,9-10,12H,1-3,7-8H2,(H2,22,23,24,25,27). The zero-order valence-corrected chi connectivity index (χ0v) is 15.1. The number of hydrogen-bond donors (Lipinski definition) is 2. The minimum Gasteiger partial charge on any atom is -0.339 e. The summed E-state index contributed by atoms with van der Waals surface area (Å²) >= 11 is 0. The number of pyridine rings is 1. The third kappa shape index (κ3) is 3.55.